The molecule has 1 rings (SSSR count). The molecule has 1 aromatic rings. The molecular formula is C15H23NO3. The van der Waals surface area contributed by atoms with Crippen LogP contribution in [0.5, 0.6) is 5.75 Å². The van der Waals surface area contributed by atoms with E-state index in [-0.39, 0.29) is 17.9 Å². The van der Waals surface area contributed by atoms with Crippen LogP contribution in [0.15, 0.2) is 24.3 Å². The lowest BCUT2D eigenvalue weighted by Crippen LogP contribution is -2.38. The largest absolute Gasteiger partial charge is 0.492 e. The molecule has 2 unspecified atom stereocenters. The smallest absolute Gasteiger partial charge is 0.309 e. The van der Waals surface area contributed by atoms with Crippen molar-refractivity contribution < 1.29 is 14.3 Å². The zero-order valence-corrected chi connectivity index (χ0v) is 12.1. The van der Waals surface area contributed by atoms with E-state index >= 15 is 0 Å². The molecule has 106 valence electrons. The van der Waals surface area contributed by atoms with E-state index in [1.54, 1.807) is 0 Å². The van der Waals surface area contributed by atoms with Crippen LogP contribution in [0.2, 0.25) is 0 Å². The summed E-state index contributed by atoms with van der Waals surface area (Å²) < 4.78 is 10.3. The number of hydrogen-bond donors (Lipinski definition) is 1. The number of ether oxygens (including phenoxy) is 2. The minimum atomic E-state index is -0.195. The Kier molecular flexibility index (Phi) is 6.36. The SMILES string of the molecule is COC(=O)C(C)C(C)NCCOc1cccc(C)c1. The zero-order chi connectivity index (χ0) is 14.3. The Bertz CT molecular complexity index is 406. The highest BCUT2D eigenvalue weighted by atomic mass is 16.5. The lowest BCUT2D eigenvalue weighted by atomic mass is 10.0. The summed E-state index contributed by atoms with van der Waals surface area (Å²) >= 11 is 0. The van der Waals surface area contributed by atoms with Crippen molar-refractivity contribution in [1.29, 1.82) is 0 Å². The van der Waals surface area contributed by atoms with Gasteiger partial charge in [-0.15, -0.1) is 0 Å². The first-order valence-corrected chi connectivity index (χ1v) is 6.55. The number of carbonyl (C=O) groups is 1. The third kappa shape index (κ3) is 5.30. The third-order valence-electron chi connectivity index (χ3n) is 3.15. The average molecular weight is 265 g/mol. The summed E-state index contributed by atoms with van der Waals surface area (Å²) in [6, 6.07) is 8.01. The van der Waals surface area contributed by atoms with Crippen LogP contribution in [0.25, 0.3) is 0 Å². The van der Waals surface area contributed by atoms with E-state index in [0.29, 0.717) is 13.2 Å². The summed E-state index contributed by atoms with van der Waals surface area (Å²) in [5.74, 6) is 0.513. The molecule has 0 amide bonds. The maximum absolute atomic E-state index is 11.4. The van der Waals surface area contributed by atoms with Gasteiger partial charge in [0.1, 0.15) is 12.4 Å². The molecule has 0 aromatic heterocycles. The number of nitrogens with one attached hydrogen (secondary N) is 1. The molecule has 19 heavy (non-hydrogen) atoms. The summed E-state index contributed by atoms with van der Waals surface area (Å²) in [7, 11) is 1.41. The highest BCUT2D eigenvalue weighted by Gasteiger charge is 2.19. The number of carbonyl (C=O) groups excluding carboxylic acids is 1. The van der Waals surface area contributed by atoms with Gasteiger partial charge in [-0.25, -0.2) is 0 Å². The number of hydrogen-bond acceptors (Lipinski definition) is 4. The fourth-order valence-corrected chi connectivity index (χ4v) is 1.73. The third-order valence-corrected chi connectivity index (χ3v) is 3.15. The molecule has 1 aromatic carbocycles. The van der Waals surface area contributed by atoms with Gasteiger partial charge in [-0.2, -0.15) is 0 Å². The van der Waals surface area contributed by atoms with Crippen molar-refractivity contribution in [2.45, 2.75) is 26.8 Å². The molecule has 0 aliphatic carbocycles. The number of benzene rings is 1. The maximum Gasteiger partial charge on any atom is 0.309 e. The summed E-state index contributed by atoms with van der Waals surface area (Å²) in [6.07, 6.45) is 0. The molecule has 0 aliphatic rings. The Balaban J connectivity index is 2.25. The van der Waals surface area contributed by atoms with E-state index in [9.17, 15) is 4.79 Å². The van der Waals surface area contributed by atoms with Crippen molar-refractivity contribution in [2.24, 2.45) is 5.92 Å². The van der Waals surface area contributed by atoms with E-state index in [1.165, 1.54) is 12.7 Å². The molecule has 4 heteroatoms. The number of methoxy groups -OCH3 is 1. The second-order valence-corrected chi connectivity index (χ2v) is 4.72. The van der Waals surface area contributed by atoms with Crippen LogP contribution in [-0.4, -0.2) is 32.3 Å². The zero-order valence-electron chi connectivity index (χ0n) is 12.1. The van der Waals surface area contributed by atoms with Crippen LogP contribution in [0.1, 0.15) is 19.4 Å². The molecule has 0 saturated carbocycles. The standard InChI is InChI=1S/C15H23NO3/c1-11-6-5-7-14(10-11)19-9-8-16-13(3)12(2)15(17)18-4/h5-7,10,12-13,16H,8-9H2,1-4H3. The van der Waals surface area contributed by atoms with Crippen molar-refractivity contribution in [2.75, 3.05) is 20.3 Å². The van der Waals surface area contributed by atoms with E-state index in [4.69, 9.17) is 9.47 Å². The molecular weight excluding hydrogens is 242 g/mol. The van der Waals surface area contributed by atoms with E-state index in [2.05, 4.69) is 5.32 Å². The molecule has 0 saturated heterocycles. The van der Waals surface area contributed by atoms with Gasteiger partial charge in [0.2, 0.25) is 0 Å². The highest BCUT2D eigenvalue weighted by molar-refractivity contribution is 5.72. The average Bonchev–Trinajstić information content (AvgIpc) is 2.41. The van der Waals surface area contributed by atoms with Crippen LogP contribution in [-0.2, 0) is 9.53 Å². The molecule has 0 radical (unpaired) electrons. The molecule has 0 aliphatic heterocycles. The second kappa shape index (κ2) is 7.79. The van der Waals surface area contributed by atoms with Gasteiger partial charge in [0, 0.05) is 12.6 Å². The normalized spacial score (nSPS) is 13.7. The van der Waals surface area contributed by atoms with Gasteiger partial charge in [0.25, 0.3) is 0 Å². The minimum Gasteiger partial charge on any atom is -0.492 e. The first-order chi connectivity index (χ1) is 9.04. The van der Waals surface area contributed by atoms with Gasteiger partial charge >= 0.3 is 5.97 Å². The van der Waals surface area contributed by atoms with Crippen molar-refractivity contribution in [1.82, 2.24) is 5.32 Å². The molecule has 0 fully saturated rings. The summed E-state index contributed by atoms with van der Waals surface area (Å²) in [4.78, 5) is 11.4. The van der Waals surface area contributed by atoms with Gasteiger partial charge in [0.15, 0.2) is 0 Å². The first-order valence-electron chi connectivity index (χ1n) is 6.55. The molecule has 0 bridgehead atoms. The first kappa shape index (κ1) is 15.5. The molecule has 0 heterocycles. The van der Waals surface area contributed by atoms with E-state index < -0.39 is 0 Å². The topological polar surface area (TPSA) is 47.6 Å². The van der Waals surface area contributed by atoms with Crippen molar-refractivity contribution in [3.05, 3.63) is 29.8 Å². The minimum absolute atomic E-state index is 0.0635. The van der Waals surface area contributed by atoms with Crippen LogP contribution in [0.4, 0.5) is 0 Å². The lowest BCUT2D eigenvalue weighted by molar-refractivity contribution is -0.145. The van der Waals surface area contributed by atoms with Crippen LogP contribution in [0, 0.1) is 12.8 Å². The summed E-state index contributed by atoms with van der Waals surface area (Å²) in [5.41, 5.74) is 1.18. The maximum atomic E-state index is 11.4. The van der Waals surface area contributed by atoms with Gasteiger partial charge < -0.3 is 14.8 Å². The molecule has 0 spiro atoms. The summed E-state index contributed by atoms with van der Waals surface area (Å²) in [6.45, 7) is 7.11. The van der Waals surface area contributed by atoms with Crippen molar-refractivity contribution in [3.63, 3.8) is 0 Å². The monoisotopic (exact) mass is 265 g/mol. The Hall–Kier alpha value is -1.55. The van der Waals surface area contributed by atoms with E-state index in [0.717, 1.165) is 5.75 Å². The number of rotatable bonds is 7. The number of aryl methyl sites for hydroxylation is 1. The Labute approximate surface area is 115 Å². The van der Waals surface area contributed by atoms with Crippen molar-refractivity contribution >= 4 is 5.97 Å². The highest BCUT2D eigenvalue weighted by Crippen LogP contribution is 2.12. The van der Waals surface area contributed by atoms with E-state index in [1.807, 2.05) is 45.0 Å². The Morgan fingerprint density at radius 1 is 1.37 bits per heavy atom. The Morgan fingerprint density at radius 3 is 2.74 bits per heavy atom. The van der Waals surface area contributed by atoms with Gasteiger partial charge in [-0.1, -0.05) is 19.1 Å². The molecule has 4 nitrogen and oxygen atoms in total. The Morgan fingerprint density at radius 2 is 2.11 bits per heavy atom. The fraction of sp³-hybridized carbons (Fsp3) is 0.533. The molecule has 1 N–H and O–H groups in total. The quantitative estimate of drug-likeness (QED) is 0.606. The summed E-state index contributed by atoms with van der Waals surface area (Å²) in [5, 5.41) is 3.26. The second-order valence-electron chi connectivity index (χ2n) is 4.72. The lowest BCUT2D eigenvalue weighted by Gasteiger charge is -2.19. The van der Waals surface area contributed by atoms with Crippen LogP contribution in [0.3, 0.4) is 0 Å². The van der Waals surface area contributed by atoms with Gasteiger partial charge in [0.05, 0.1) is 13.0 Å². The predicted molar refractivity (Wildman–Crippen MR) is 75.3 cm³/mol. The molecule has 2 atom stereocenters. The van der Waals surface area contributed by atoms with Crippen molar-refractivity contribution in [3.8, 4) is 5.75 Å². The van der Waals surface area contributed by atoms with Gasteiger partial charge in [-0.3, -0.25) is 4.79 Å². The van der Waals surface area contributed by atoms with Crippen LogP contribution < -0.4 is 10.1 Å². The number of esters is 1. The van der Waals surface area contributed by atoms with Crippen LogP contribution >= 0.6 is 0 Å². The predicted octanol–water partition coefficient (Wildman–Crippen LogP) is 2.16. The fourth-order valence-electron chi connectivity index (χ4n) is 1.73. The van der Waals surface area contributed by atoms with Gasteiger partial charge in [-0.05, 0) is 31.5 Å².